The maximum Gasteiger partial charge on any atom is 0.236 e. The second kappa shape index (κ2) is 5.52. The number of carbonyl (C=O) groups is 1. The normalized spacial score (nSPS) is 15.7. The Hall–Kier alpha value is -1.36. The first-order valence-electron chi connectivity index (χ1n) is 6.46. The summed E-state index contributed by atoms with van der Waals surface area (Å²) in [5, 5.41) is 3.93. The van der Waals surface area contributed by atoms with Gasteiger partial charge in [-0.15, -0.1) is 0 Å². The third-order valence-corrected chi connectivity index (χ3v) is 3.47. The molecule has 0 spiro atoms. The summed E-state index contributed by atoms with van der Waals surface area (Å²) in [6.45, 7) is 6.84. The quantitative estimate of drug-likeness (QED) is 0.810. The highest BCUT2D eigenvalue weighted by atomic mass is 16.5. The lowest BCUT2D eigenvalue weighted by Crippen LogP contribution is -2.37. The van der Waals surface area contributed by atoms with Crippen molar-refractivity contribution >= 4 is 5.91 Å². The van der Waals surface area contributed by atoms with Gasteiger partial charge in [0.25, 0.3) is 0 Å². The van der Waals surface area contributed by atoms with Gasteiger partial charge in [0.05, 0.1) is 12.2 Å². The average molecular weight is 251 g/mol. The van der Waals surface area contributed by atoms with Crippen LogP contribution in [0.5, 0.6) is 0 Å². The molecule has 1 aliphatic rings. The molecule has 0 saturated carbocycles. The molecule has 0 aromatic carbocycles. The number of likely N-dealkylation sites (N-methyl/N-ethyl adjacent to an activating group) is 1. The van der Waals surface area contributed by atoms with Crippen molar-refractivity contribution in [1.29, 1.82) is 0 Å². The molecule has 1 aliphatic heterocycles. The van der Waals surface area contributed by atoms with E-state index < -0.39 is 0 Å². The van der Waals surface area contributed by atoms with Gasteiger partial charge in [-0.25, -0.2) is 0 Å². The summed E-state index contributed by atoms with van der Waals surface area (Å²) in [5.41, 5.74) is 2.00. The molecular formula is C13H21N3O2. The van der Waals surface area contributed by atoms with Gasteiger partial charge in [0.15, 0.2) is 0 Å². The molecule has 2 heterocycles. The number of hydrogen-bond donors (Lipinski definition) is 0. The Bertz CT molecular complexity index is 402. The Morgan fingerprint density at radius 2 is 2.06 bits per heavy atom. The third-order valence-electron chi connectivity index (χ3n) is 3.47. The Kier molecular flexibility index (Phi) is 4.01. The van der Waals surface area contributed by atoms with Gasteiger partial charge in [-0.05, 0) is 33.7 Å². The molecule has 0 aliphatic carbocycles. The number of carbonyl (C=O) groups excluding carboxylic acids is 1. The first-order valence-corrected chi connectivity index (χ1v) is 6.46. The Labute approximate surface area is 108 Å². The summed E-state index contributed by atoms with van der Waals surface area (Å²) in [6.07, 6.45) is 2.28. The molecule has 1 aromatic rings. The zero-order valence-corrected chi connectivity index (χ0v) is 11.4. The molecule has 1 amide bonds. The molecule has 1 fully saturated rings. The molecule has 18 heavy (non-hydrogen) atoms. The predicted octanol–water partition coefficient (Wildman–Crippen LogP) is 1.35. The summed E-state index contributed by atoms with van der Waals surface area (Å²) in [4.78, 5) is 16.0. The molecule has 2 rings (SSSR count). The van der Waals surface area contributed by atoms with Gasteiger partial charge in [-0.1, -0.05) is 5.16 Å². The predicted molar refractivity (Wildman–Crippen MR) is 68.1 cm³/mol. The summed E-state index contributed by atoms with van der Waals surface area (Å²) >= 11 is 0. The van der Waals surface area contributed by atoms with E-state index in [1.54, 1.807) is 0 Å². The van der Waals surface area contributed by atoms with Crippen LogP contribution in [0.3, 0.4) is 0 Å². The van der Waals surface area contributed by atoms with Crippen molar-refractivity contribution in [3.8, 4) is 0 Å². The lowest BCUT2D eigenvalue weighted by Gasteiger charge is -2.21. The molecule has 0 atom stereocenters. The van der Waals surface area contributed by atoms with Gasteiger partial charge in [0, 0.05) is 25.2 Å². The van der Waals surface area contributed by atoms with E-state index in [1.807, 2.05) is 30.7 Å². The van der Waals surface area contributed by atoms with Crippen molar-refractivity contribution in [1.82, 2.24) is 15.0 Å². The molecule has 100 valence electrons. The van der Waals surface area contributed by atoms with Crippen molar-refractivity contribution in [3.63, 3.8) is 0 Å². The highest BCUT2D eigenvalue weighted by molar-refractivity contribution is 5.78. The summed E-state index contributed by atoms with van der Waals surface area (Å²) in [7, 11) is 1.96. The van der Waals surface area contributed by atoms with Crippen LogP contribution in [0.2, 0.25) is 0 Å². The smallest absolute Gasteiger partial charge is 0.236 e. The number of nitrogens with zero attached hydrogens (tertiary/aromatic N) is 3. The van der Waals surface area contributed by atoms with Crippen LogP contribution in [0, 0.1) is 13.8 Å². The van der Waals surface area contributed by atoms with E-state index in [4.69, 9.17) is 4.52 Å². The van der Waals surface area contributed by atoms with Crippen LogP contribution >= 0.6 is 0 Å². The van der Waals surface area contributed by atoms with Crippen LogP contribution in [-0.4, -0.2) is 47.5 Å². The molecule has 0 unspecified atom stereocenters. The van der Waals surface area contributed by atoms with Crippen molar-refractivity contribution in [2.75, 3.05) is 26.7 Å². The minimum atomic E-state index is 0.224. The topological polar surface area (TPSA) is 49.6 Å². The second-order valence-corrected chi connectivity index (χ2v) is 5.06. The van der Waals surface area contributed by atoms with Gasteiger partial charge >= 0.3 is 0 Å². The number of rotatable bonds is 4. The van der Waals surface area contributed by atoms with E-state index in [1.165, 1.54) is 0 Å². The zero-order chi connectivity index (χ0) is 13.1. The SMILES string of the molecule is Cc1noc(C)c1CN(C)CC(=O)N1CCCC1. The monoisotopic (exact) mass is 251 g/mol. The van der Waals surface area contributed by atoms with Crippen LogP contribution in [0.15, 0.2) is 4.52 Å². The van der Waals surface area contributed by atoms with Crippen LogP contribution in [-0.2, 0) is 11.3 Å². The lowest BCUT2D eigenvalue weighted by atomic mass is 10.2. The van der Waals surface area contributed by atoms with E-state index in [-0.39, 0.29) is 5.91 Å². The molecule has 0 bridgehead atoms. The van der Waals surface area contributed by atoms with E-state index in [0.29, 0.717) is 13.1 Å². The minimum absolute atomic E-state index is 0.224. The van der Waals surface area contributed by atoms with Gasteiger partial charge in [0.2, 0.25) is 5.91 Å². The standard InChI is InChI=1S/C13H21N3O2/c1-10-12(11(2)18-14-10)8-15(3)9-13(17)16-6-4-5-7-16/h4-9H2,1-3H3. The highest BCUT2D eigenvalue weighted by Crippen LogP contribution is 2.14. The maximum atomic E-state index is 12.0. The Morgan fingerprint density at radius 1 is 1.39 bits per heavy atom. The third kappa shape index (κ3) is 2.90. The largest absolute Gasteiger partial charge is 0.361 e. The zero-order valence-electron chi connectivity index (χ0n) is 11.4. The highest BCUT2D eigenvalue weighted by Gasteiger charge is 2.20. The van der Waals surface area contributed by atoms with Crippen LogP contribution < -0.4 is 0 Å². The van der Waals surface area contributed by atoms with Gasteiger partial charge in [-0.3, -0.25) is 9.69 Å². The van der Waals surface area contributed by atoms with Gasteiger partial charge in [0.1, 0.15) is 5.76 Å². The average Bonchev–Trinajstić information content (AvgIpc) is 2.94. The van der Waals surface area contributed by atoms with Gasteiger partial charge in [-0.2, -0.15) is 0 Å². The number of aromatic nitrogens is 1. The van der Waals surface area contributed by atoms with E-state index in [2.05, 4.69) is 5.16 Å². The number of hydrogen-bond acceptors (Lipinski definition) is 4. The first-order chi connectivity index (χ1) is 8.58. The summed E-state index contributed by atoms with van der Waals surface area (Å²) in [5.74, 6) is 1.06. The summed E-state index contributed by atoms with van der Waals surface area (Å²) < 4.78 is 5.13. The number of likely N-dealkylation sites (tertiary alicyclic amines) is 1. The first kappa shape index (κ1) is 13.1. The van der Waals surface area contributed by atoms with E-state index in [0.717, 1.165) is 42.9 Å². The molecule has 5 nitrogen and oxygen atoms in total. The molecule has 0 radical (unpaired) electrons. The van der Waals surface area contributed by atoms with Crippen molar-refractivity contribution in [3.05, 3.63) is 17.0 Å². The van der Waals surface area contributed by atoms with Crippen molar-refractivity contribution in [2.24, 2.45) is 0 Å². The van der Waals surface area contributed by atoms with E-state index >= 15 is 0 Å². The lowest BCUT2D eigenvalue weighted by molar-refractivity contribution is -0.131. The van der Waals surface area contributed by atoms with Gasteiger partial charge < -0.3 is 9.42 Å². The minimum Gasteiger partial charge on any atom is -0.361 e. The number of aryl methyl sites for hydroxylation is 2. The molecule has 5 heteroatoms. The fourth-order valence-corrected chi connectivity index (χ4v) is 2.35. The Balaban J connectivity index is 1.88. The van der Waals surface area contributed by atoms with Crippen LogP contribution in [0.4, 0.5) is 0 Å². The van der Waals surface area contributed by atoms with Crippen molar-refractivity contribution in [2.45, 2.75) is 33.2 Å². The second-order valence-electron chi connectivity index (χ2n) is 5.06. The van der Waals surface area contributed by atoms with Crippen LogP contribution in [0.25, 0.3) is 0 Å². The number of amides is 1. The fraction of sp³-hybridized carbons (Fsp3) is 0.692. The summed E-state index contributed by atoms with van der Waals surface area (Å²) in [6, 6.07) is 0. The van der Waals surface area contributed by atoms with Crippen LogP contribution in [0.1, 0.15) is 29.9 Å². The fourth-order valence-electron chi connectivity index (χ4n) is 2.35. The molecule has 1 saturated heterocycles. The molecule has 0 N–H and O–H groups in total. The molecule has 1 aromatic heterocycles. The Morgan fingerprint density at radius 3 is 2.61 bits per heavy atom. The maximum absolute atomic E-state index is 12.0. The van der Waals surface area contributed by atoms with E-state index in [9.17, 15) is 4.79 Å². The molecular weight excluding hydrogens is 230 g/mol. The van der Waals surface area contributed by atoms with Crippen molar-refractivity contribution < 1.29 is 9.32 Å².